The average Bonchev–Trinajstić information content (AvgIpc) is 2.73. The fourth-order valence-electron chi connectivity index (χ4n) is 2.50. The van der Waals surface area contributed by atoms with Crippen LogP contribution < -0.4 is 5.73 Å². The van der Waals surface area contributed by atoms with E-state index in [2.05, 4.69) is 4.98 Å². The van der Waals surface area contributed by atoms with Crippen LogP contribution in [0.1, 0.15) is 49.5 Å². The van der Waals surface area contributed by atoms with Gasteiger partial charge in [-0.3, -0.25) is 9.59 Å². The molecule has 1 aromatic heterocycles. The summed E-state index contributed by atoms with van der Waals surface area (Å²) in [6.07, 6.45) is 1.47. The number of pyridine rings is 1. The van der Waals surface area contributed by atoms with Crippen molar-refractivity contribution in [1.82, 2.24) is 9.88 Å². The van der Waals surface area contributed by atoms with Crippen LogP contribution in [0.25, 0.3) is 0 Å². The quantitative estimate of drug-likeness (QED) is 0.640. The minimum atomic E-state index is -0.893. The van der Waals surface area contributed by atoms with E-state index in [1.807, 2.05) is 0 Å². The number of hydrogen-bond acceptors (Lipinski definition) is 5. The fourth-order valence-corrected chi connectivity index (χ4v) is 2.68. The Hall–Kier alpha value is -2.15. The van der Waals surface area contributed by atoms with E-state index >= 15 is 0 Å². The van der Waals surface area contributed by atoms with Gasteiger partial charge in [0.05, 0.1) is 5.56 Å². The highest BCUT2D eigenvalue weighted by atomic mass is 35.5. The van der Waals surface area contributed by atoms with E-state index < -0.39 is 23.5 Å². The van der Waals surface area contributed by atoms with E-state index in [0.29, 0.717) is 11.1 Å². The largest absolute Gasteiger partial charge is 0.458 e. The van der Waals surface area contributed by atoms with Gasteiger partial charge in [-0.1, -0.05) is 11.6 Å². The Morgan fingerprint density at radius 2 is 2.12 bits per heavy atom. The van der Waals surface area contributed by atoms with Crippen LogP contribution in [0.3, 0.4) is 0 Å². The standard InChI is InChI=1S/C16H20ClN3O4/c1-16(2,3)24-15(23)11(4-5-13(18)21)20-8-9-6-12(17)19-7-10(9)14(20)22/h6-7,11H,4-5,8H2,1-3H3,(H2,18,21). The Labute approximate surface area is 145 Å². The Kier molecular flexibility index (Phi) is 5.13. The summed E-state index contributed by atoms with van der Waals surface area (Å²) in [7, 11) is 0. The molecule has 0 aliphatic carbocycles. The molecule has 0 aromatic carbocycles. The van der Waals surface area contributed by atoms with Gasteiger partial charge in [0.15, 0.2) is 0 Å². The molecular formula is C16H20ClN3O4. The van der Waals surface area contributed by atoms with Gasteiger partial charge >= 0.3 is 5.97 Å². The third-order valence-corrected chi connectivity index (χ3v) is 3.71. The maximum atomic E-state index is 12.6. The van der Waals surface area contributed by atoms with E-state index in [-0.39, 0.29) is 30.4 Å². The van der Waals surface area contributed by atoms with Crippen molar-refractivity contribution in [3.8, 4) is 0 Å². The van der Waals surface area contributed by atoms with Crippen LogP contribution in [0.5, 0.6) is 0 Å². The van der Waals surface area contributed by atoms with Crippen molar-refractivity contribution in [1.29, 1.82) is 0 Å². The molecule has 1 aliphatic heterocycles. The molecule has 7 nitrogen and oxygen atoms in total. The molecule has 8 heteroatoms. The Balaban J connectivity index is 2.26. The predicted molar refractivity (Wildman–Crippen MR) is 87.2 cm³/mol. The van der Waals surface area contributed by atoms with Gasteiger partial charge in [0.2, 0.25) is 5.91 Å². The topological polar surface area (TPSA) is 103 Å². The third-order valence-electron chi connectivity index (χ3n) is 3.51. The smallest absolute Gasteiger partial charge is 0.329 e. The van der Waals surface area contributed by atoms with Crippen LogP contribution in [0.4, 0.5) is 0 Å². The van der Waals surface area contributed by atoms with Crippen LogP contribution in [-0.2, 0) is 20.9 Å². The molecule has 0 radical (unpaired) electrons. The number of hydrogen-bond donors (Lipinski definition) is 1. The number of esters is 1. The molecule has 1 aromatic rings. The fraction of sp³-hybridized carbons (Fsp3) is 0.500. The minimum Gasteiger partial charge on any atom is -0.458 e. The number of primary amides is 1. The Morgan fingerprint density at radius 1 is 1.46 bits per heavy atom. The van der Waals surface area contributed by atoms with Crippen LogP contribution in [0.15, 0.2) is 12.3 Å². The van der Waals surface area contributed by atoms with Gasteiger partial charge in [-0.25, -0.2) is 9.78 Å². The lowest BCUT2D eigenvalue weighted by Gasteiger charge is -2.29. The summed E-state index contributed by atoms with van der Waals surface area (Å²) in [6, 6.07) is 0.699. The molecule has 2 N–H and O–H groups in total. The summed E-state index contributed by atoms with van der Waals surface area (Å²) in [5.74, 6) is -1.45. The second kappa shape index (κ2) is 6.76. The molecule has 0 bridgehead atoms. The van der Waals surface area contributed by atoms with E-state index in [0.717, 1.165) is 0 Å². The first-order chi connectivity index (χ1) is 11.1. The number of rotatable bonds is 5. The monoisotopic (exact) mass is 353 g/mol. The Bertz CT molecular complexity index is 684. The van der Waals surface area contributed by atoms with E-state index in [1.54, 1.807) is 26.8 Å². The highest BCUT2D eigenvalue weighted by molar-refractivity contribution is 6.29. The lowest BCUT2D eigenvalue weighted by molar-refractivity contribution is -0.160. The second-order valence-electron chi connectivity index (χ2n) is 6.65. The molecular weight excluding hydrogens is 334 g/mol. The summed E-state index contributed by atoms with van der Waals surface area (Å²) >= 11 is 5.86. The van der Waals surface area contributed by atoms with E-state index in [1.165, 1.54) is 11.1 Å². The lowest BCUT2D eigenvalue weighted by Crippen LogP contribution is -2.45. The first-order valence-corrected chi connectivity index (χ1v) is 7.93. The molecule has 2 rings (SSSR count). The first kappa shape index (κ1) is 18.2. The minimum absolute atomic E-state index is 0.0248. The number of ether oxygens (including phenoxy) is 1. The number of amides is 2. The van der Waals surface area contributed by atoms with Gasteiger partial charge in [-0.05, 0) is 38.8 Å². The normalized spacial score (nSPS) is 15.2. The number of nitrogens with zero attached hydrogens (tertiary/aromatic N) is 2. The Morgan fingerprint density at radius 3 is 2.71 bits per heavy atom. The van der Waals surface area contributed by atoms with Crippen LogP contribution in [0, 0.1) is 0 Å². The summed E-state index contributed by atoms with van der Waals surface area (Å²) in [5.41, 5.74) is 5.56. The molecule has 1 unspecified atom stereocenters. The molecule has 2 heterocycles. The molecule has 0 saturated carbocycles. The highest BCUT2D eigenvalue weighted by Crippen LogP contribution is 2.28. The van der Waals surface area contributed by atoms with Crippen molar-refractivity contribution in [2.24, 2.45) is 5.73 Å². The molecule has 130 valence electrons. The zero-order chi connectivity index (χ0) is 18.1. The van der Waals surface area contributed by atoms with E-state index in [4.69, 9.17) is 22.1 Å². The lowest BCUT2D eigenvalue weighted by atomic mass is 10.1. The number of halogens is 1. The summed E-state index contributed by atoms with van der Waals surface area (Å²) in [4.78, 5) is 41.5. The average molecular weight is 354 g/mol. The third kappa shape index (κ3) is 4.23. The molecule has 24 heavy (non-hydrogen) atoms. The summed E-state index contributed by atoms with van der Waals surface area (Å²) < 4.78 is 5.39. The molecule has 2 amide bonds. The number of carbonyl (C=O) groups is 3. The molecule has 0 saturated heterocycles. The SMILES string of the molecule is CC(C)(C)OC(=O)C(CCC(N)=O)N1Cc2cc(Cl)ncc2C1=O. The van der Waals surface area contributed by atoms with Gasteiger partial charge in [0.1, 0.15) is 16.8 Å². The van der Waals surface area contributed by atoms with Crippen molar-refractivity contribution < 1.29 is 19.1 Å². The van der Waals surface area contributed by atoms with Crippen molar-refractivity contribution in [3.05, 3.63) is 28.5 Å². The van der Waals surface area contributed by atoms with Crippen molar-refractivity contribution >= 4 is 29.4 Å². The predicted octanol–water partition coefficient (Wildman–Crippen LogP) is 1.67. The van der Waals surface area contributed by atoms with Crippen molar-refractivity contribution in [2.75, 3.05) is 0 Å². The van der Waals surface area contributed by atoms with Gasteiger partial charge in [-0.2, -0.15) is 0 Å². The van der Waals surface area contributed by atoms with Gasteiger partial charge in [-0.15, -0.1) is 0 Å². The van der Waals surface area contributed by atoms with Gasteiger partial charge < -0.3 is 15.4 Å². The number of aromatic nitrogens is 1. The number of fused-ring (bicyclic) bond motifs is 1. The zero-order valence-electron chi connectivity index (χ0n) is 13.8. The number of carbonyl (C=O) groups excluding carboxylic acids is 3. The summed E-state index contributed by atoms with van der Waals surface area (Å²) in [5, 5.41) is 0.273. The van der Waals surface area contributed by atoms with Gasteiger partial charge in [0.25, 0.3) is 5.91 Å². The van der Waals surface area contributed by atoms with Crippen molar-refractivity contribution in [3.63, 3.8) is 0 Å². The molecule has 1 aliphatic rings. The van der Waals surface area contributed by atoms with Crippen LogP contribution >= 0.6 is 11.6 Å². The molecule has 0 fully saturated rings. The van der Waals surface area contributed by atoms with E-state index in [9.17, 15) is 14.4 Å². The zero-order valence-corrected chi connectivity index (χ0v) is 14.6. The summed E-state index contributed by atoms with van der Waals surface area (Å²) in [6.45, 7) is 5.42. The van der Waals surface area contributed by atoms with Crippen LogP contribution in [-0.4, -0.2) is 39.3 Å². The number of nitrogens with two attached hydrogens (primary N) is 1. The van der Waals surface area contributed by atoms with Crippen molar-refractivity contribution in [2.45, 2.75) is 51.8 Å². The highest BCUT2D eigenvalue weighted by Gasteiger charge is 2.38. The maximum Gasteiger partial charge on any atom is 0.329 e. The second-order valence-corrected chi connectivity index (χ2v) is 7.04. The van der Waals surface area contributed by atoms with Crippen LogP contribution in [0.2, 0.25) is 5.15 Å². The van der Waals surface area contributed by atoms with Gasteiger partial charge in [0, 0.05) is 19.2 Å². The molecule has 0 spiro atoms. The maximum absolute atomic E-state index is 12.6. The molecule has 1 atom stereocenters. The first-order valence-electron chi connectivity index (χ1n) is 7.55.